The molecule has 0 atom stereocenters. The van der Waals surface area contributed by atoms with E-state index in [9.17, 15) is 9.59 Å². The highest BCUT2D eigenvalue weighted by atomic mass is 16.4. The summed E-state index contributed by atoms with van der Waals surface area (Å²) in [5.74, 6) is -0.723. The predicted molar refractivity (Wildman–Crippen MR) is 57.7 cm³/mol. The van der Waals surface area contributed by atoms with Crippen molar-refractivity contribution in [2.45, 2.75) is 27.2 Å². The van der Waals surface area contributed by atoms with Crippen LogP contribution in [-0.2, 0) is 4.79 Å². The van der Waals surface area contributed by atoms with Crippen molar-refractivity contribution in [2.75, 3.05) is 19.6 Å². The zero-order chi connectivity index (χ0) is 11.8. The van der Waals surface area contributed by atoms with Gasteiger partial charge in [0, 0.05) is 13.1 Å². The lowest BCUT2D eigenvalue weighted by molar-refractivity contribution is -0.137. The van der Waals surface area contributed by atoms with Crippen molar-refractivity contribution in [1.82, 2.24) is 10.2 Å². The van der Waals surface area contributed by atoms with Gasteiger partial charge in [-0.15, -0.1) is 0 Å². The number of carboxylic acid groups (broad SMARTS) is 1. The number of nitrogens with one attached hydrogen (secondary N) is 1. The van der Waals surface area contributed by atoms with Gasteiger partial charge in [0.05, 0.1) is 0 Å². The maximum Gasteiger partial charge on any atom is 0.323 e. The molecule has 0 radical (unpaired) electrons. The van der Waals surface area contributed by atoms with E-state index in [4.69, 9.17) is 5.11 Å². The number of carbonyl (C=O) groups is 2. The zero-order valence-corrected chi connectivity index (χ0v) is 9.62. The summed E-state index contributed by atoms with van der Waals surface area (Å²) >= 11 is 0. The van der Waals surface area contributed by atoms with Gasteiger partial charge >= 0.3 is 12.0 Å². The van der Waals surface area contributed by atoms with Crippen LogP contribution in [0.15, 0.2) is 0 Å². The van der Waals surface area contributed by atoms with Gasteiger partial charge in [0.25, 0.3) is 0 Å². The van der Waals surface area contributed by atoms with Gasteiger partial charge in [-0.05, 0) is 12.3 Å². The number of hydrogen-bond donors (Lipinski definition) is 2. The second-order valence-electron chi connectivity index (χ2n) is 3.90. The summed E-state index contributed by atoms with van der Waals surface area (Å²) in [5, 5.41) is 11.3. The average Bonchev–Trinajstić information content (AvgIpc) is 2.11. The lowest BCUT2D eigenvalue weighted by Gasteiger charge is -2.22. The fourth-order valence-electron chi connectivity index (χ4n) is 1.17. The first-order valence-corrected chi connectivity index (χ1v) is 5.22. The minimum absolute atomic E-state index is 0.242. The molecule has 0 saturated carbocycles. The molecule has 5 heteroatoms. The molecular formula is C10H20N2O3. The smallest absolute Gasteiger partial charge is 0.323 e. The summed E-state index contributed by atoms with van der Waals surface area (Å²) in [6.45, 7) is 6.64. The third-order valence-corrected chi connectivity index (χ3v) is 1.73. The van der Waals surface area contributed by atoms with E-state index in [1.165, 1.54) is 4.90 Å². The molecule has 0 aliphatic rings. The number of carboxylic acids is 1. The van der Waals surface area contributed by atoms with Crippen LogP contribution in [0.4, 0.5) is 4.79 Å². The molecule has 0 heterocycles. The topological polar surface area (TPSA) is 69.6 Å². The molecule has 5 nitrogen and oxygen atoms in total. The van der Waals surface area contributed by atoms with Crippen LogP contribution < -0.4 is 5.32 Å². The van der Waals surface area contributed by atoms with Crippen molar-refractivity contribution in [3.05, 3.63) is 0 Å². The summed E-state index contributed by atoms with van der Waals surface area (Å²) in [7, 11) is 0. The van der Waals surface area contributed by atoms with Gasteiger partial charge in [-0.1, -0.05) is 20.8 Å². The van der Waals surface area contributed by atoms with Crippen molar-refractivity contribution in [3.8, 4) is 0 Å². The van der Waals surface area contributed by atoms with Crippen LogP contribution in [0.25, 0.3) is 0 Å². The van der Waals surface area contributed by atoms with Gasteiger partial charge in [-0.3, -0.25) is 4.79 Å². The fourth-order valence-corrected chi connectivity index (χ4v) is 1.17. The largest absolute Gasteiger partial charge is 0.480 e. The number of urea groups is 1. The van der Waals surface area contributed by atoms with E-state index in [1.54, 1.807) is 0 Å². The average molecular weight is 216 g/mol. The van der Waals surface area contributed by atoms with Gasteiger partial charge in [-0.2, -0.15) is 0 Å². The highest BCUT2D eigenvalue weighted by Gasteiger charge is 2.16. The molecule has 0 unspecified atom stereocenters. The number of nitrogens with zero attached hydrogens (tertiary/aromatic N) is 1. The van der Waals surface area contributed by atoms with E-state index in [2.05, 4.69) is 5.32 Å². The lowest BCUT2D eigenvalue weighted by Crippen LogP contribution is -2.44. The third kappa shape index (κ3) is 6.76. The minimum atomic E-state index is -0.984. The van der Waals surface area contributed by atoms with Gasteiger partial charge in [0.2, 0.25) is 0 Å². The molecule has 0 aromatic heterocycles. The Kier molecular flexibility index (Phi) is 6.49. The van der Waals surface area contributed by atoms with Crippen LogP contribution in [0.5, 0.6) is 0 Å². The van der Waals surface area contributed by atoms with Crippen molar-refractivity contribution in [3.63, 3.8) is 0 Å². The summed E-state index contributed by atoms with van der Waals surface area (Å²) in [5.41, 5.74) is 0. The fraction of sp³-hybridized carbons (Fsp3) is 0.800. The number of carbonyl (C=O) groups excluding carboxylic acids is 1. The van der Waals surface area contributed by atoms with Gasteiger partial charge < -0.3 is 15.3 Å². The molecule has 0 fully saturated rings. The minimum Gasteiger partial charge on any atom is -0.480 e. The van der Waals surface area contributed by atoms with E-state index in [-0.39, 0.29) is 18.5 Å². The predicted octanol–water partition coefficient (Wildman–Crippen LogP) is 1.15. The number of aliphatic carboxylic acids is 1. The molecule has 0 spiro atoms. The second kappa shape index (κ2) is 7.09. The summed E-state index contributed by atoms with van der Waals surface area (Å²) in [6, 6.07) is -0.298. The summed E-state index contributed by atoms with van der Waals surface area (Å²) in [4.78, 5) is 23.4. The molecule has 2 N–H and O–H groups in total. The van der Waals surface area contributed by atoms with E-state index in [1.807, 2.05) is 20.8 Å². The lowest BCUT2D eigenvalue weighted by atomic mass is 10.2. The zero-order valence-electron chi connectivity index (χ0n) is 9.62. The van der Waals surface area contributed by atoms with E-state index in [0.29, 0.717) is 13.1 Å². The van der Waals surface area contributed by atoms with Crippen LogP contribution in [0.1, 0.15) is 27.2 Å². The Labute approximate surface area is 90.5 Å². The Bertz CT molecular complexity index is 217. The quantitative estimate of drug-likeness (QED) is 0.699. The van der Waals surface area contributed by atoms with Crippen molar-refractivity contribution >= 4 is 12.0 Å². The monoisotopic (exact) mass is 216 g/mol. The summed E-state index contributed by atoms with van der Waals surface area (Å²) in [6.07, 6.45) is 0.842. The van der Waals surface area contributed by atoms with Gasteiger partial charge in [0.15, 0.2) is 0 Å². The molecular weight excluding hydrogens is 196 g/mol. The number of hydrogen-bond acceptors (Lipinski definition) is 2. The van der Waals surface area contributed by atoms with Crippen molar-refractivity contribution < 1.29 is 14.7 Å². The molecule has 0 aliphatic carbocycles. The van der Waals surface area contributed by atoms with E-state index < -0.39 is 5.97 Å². The van der Waals surface area contributed by atoms with Crippen LogP contribution in [0.3, 0.4) is 0 Å². The highest BCUT2D eigenvalue weighted by molar-refractivity contribution is 5.80. The maximum atomic E-state index is 11.5. The third-order valence-electron chi connectivity index (χ3n) is 1.73. The van der Waals surface area contributed by atoms with Crippen molar-refractivity contribution in [1.29, 1.82) is 0 Å². The number of amides is 2. The maximum absolute atomic E-state index is 11.5. The SMILES string of the molecule is CCCNC(=O)N(CC(=O)O)CC(C)C. The Morgan fingerprint density at radius 2 is 2.00 bits per heavy atom. The molecule has 0 aromatic rings. The molecule has 0 rings (SSSR count). The summed E-state index contributed by atoms with van der Waals surface area (Å²) < 4.78 is 0. The first-order chi connectivity index (χ1) is 6.97. The molecule has 15 heavy (non-hydrogen) atoms. The Morgan fingerprint density at radius 3 is 2.40 bits per heavy atom. The normalized spacial score (nSPS) is 10.1. The second-order valence-corrected chi connectivity index (χ2v) is 3.90. The van der Waals surface area contributed by atoms with Crippen LogP contribution in [0, 0.1) is 5.92 Å². The molecule has 0 aromatic carbocycles. The Balaban J connectivity index is 4.20. The van der Waals surface area contributed by atoms with Crippen LogP contribution in [-0.4, -0.2) is 41.6 Å². The highest BCUT2D eigenvalue weighted by Crippen LogP contribution is 1.99. The van der Waals surface area contributed by atoms with E-state index in [0.717, 1.165) is 6.42 Å². The van der Waals surface area contributed by atoms with Crippen LogP contribution in [0.2, 0.25) is 0 Å². The van der Waals surface area contributed by atoms with Gasteiger partial charge in [-0.25, -0.2) is 4.79 Å². The Morgan fingerprint density at radius 1 is 1.40 bits per heavy atom. The molecule has 0 aliphatic heterocycles. The standard InChI is InChI=1S/C10H20N2O3/c1-4-5-11-10(15)12(6-8(2)3)7-9(13)14/h8H,4-7H2,1-3H3,(H,11,15)(H,13,14). The molecule has 0 bridgehead atoms. The number of rotatable bonds is 6. The molecule has 0 saturated heterocycles. The van der Waals surface area contributed by atoms with Crippen LogP contribution >= 0.6 is 0 Å². The Hall–Kier alpha value is -1.26. The van der Waals surface area contributed by atoms with E-state index >= 15 is 0 Å². The van der Waals surface area contributed by atoms with Gasteiger partial charge in [0.1, 0.15) is 6.54 Å². The molecule has 88 valence electrons. The first kappa shape index (κ1) is 13.7. The first-order valence-electron chi connectivity index (χ1n) is 5.22. The molecule has 2 amide bonds. The van der Waals surface area contributed by atoms with Crippen molar-refractivity contribution in [2.24, 2.45) is 5.92 Å².